The molecular weight excluding hydrogens is 236 g/mol. The predicted molar refractivity (Wildman–Crippen MR) is 79.6 cm³/mol. The number of amides is 1. The Hall–Kier alpha value is -1.35. The van der Waals surface area contributed by atoms with E-state index in [1.807, 2.05) is 44.2 Å². The lowest BCUT2D eigenvalue weighted by Gasteiger charge is -2.24. The Morgan fingerprint density at radius 1 is 1.16 bits per heavy atom. The maximum Gasteiger partial charge on any atom is 0.237 e. The molecule has 3 N–H and O–H groups in total. The monoisotopic (exact) mass is 262 g/mol. The summed E-state index contributed by atoms with van der Waals surface area (Å²) in [4.78, 5) is 12.1. The molecule has 0 spiro atoms. The number of benzene rings is 1. The molecule has 1 aromatic carbocycles. The third-order valence-corrected chi connectivity index (χ3v) is 3.25. The van der Waals surface area contributed by atoms with E-state index in [1.54, 1.807) is 0 Å². The van der Waals surface area contributed by atoms with Gasteiger partial charge in [0.25, 0.3) is 0 Å². The van der Waals surface area contributed by atoms with Crippen molar-refractivity contribution in [2.45, 2.75) is 46.2 Å². The van der Waals surface area contributed by atoms with Crippen LogP contribution in [-0.2, 0) is 4.79 Å². The Balaban J connectivity index is 2.79. The molecule has 3 heteroatoms. The van der Waals surface area contributed by atoms with Gasteiger partial charge in [-0.05, 0) is 23.8 Å². The summed E-state index contributed by atoms with van der Waals surface area (Å²) in [5.41, 5.74) is 7.04. The number of nitrogens with one attached hydrogen (secondary N) is 1. The molecule has 0 saturated carbocycles. The molecule has 106 valence electrons. The van der Waals surface area contributed by atoms with Gasteiger partial charge in [0.2, 0.25) is 5.91 Å². The van der Waals surface area contributed by atoms with Crippen LogP contribution < -0.4 is 11.1 Å². The summed E-state index contributed by atoms with van der Waals surface area (Å²) >= 11 is 0. The van der Waals surface area contributed by atoms with Crippen LogP contribution in [0.25, 0.3) is 0 Å². The molecule has 0 heterocycles. The third-order valence-electron chi connectivity index (χ3n) is 3.25. The minimum absolute atomic E-state index is 0.0403. The Kier molecular flexibility index (Phi) is 6.03. The van der Waals surface area contributed by atoms with Crippen molar-refractivity contribution in [2.24, 2.45) is 17.6 Å². The molecule has 3 nitrogen and oxygen atoms in total. The zero-order valence-electron chi connectivity index (χ0n) is 12.4. The van der Waals surface area contributed by atoms with Crippen molar-refractivity contribution >= 4 is 5.91 Å². The Morgan fingerprint density at radius 2 is 1.74 bits per heavy atom. The van der Waals surface area contributed by atoms with Gasteiger partial charge in [-0.25, -0.2) is 0 Å². The fourth-order valence-corrected chi connectivity index (χ4v) is 2.01. The molecule has 0 aliphatic carbocycles. The zero-order valence-corrected chi connectivity index (χ0v) is 12.4. The van der Waals surface area contributed by atoms with Gasteiger partial charge < -0.3 is 11.1 Å². The standard InChI is InChI=1S/C16H26N2O/c1-11(2)10-14(13-8-6-5-7-9-13)18-16(19)15(17)12(3)4/h5-9,11-12,14-15H,10,17H2,1-4H3,(H,18,19). The molecule has 0 aromatic heterocycles. The van der Waals surface area contributed by atoms with Gasteiger partial charge in [-0.3, -0.25) is 4.79 Å². The van der Waals surface area contributed by atoms with E-state index in [9.17, 15) is 4.79 Å². The lowest BCUT2D eigenvalue weighted by atomic mass is 9.96. The summed E-state index contributed by atoms with van der Waals surface area (Å²) in [6, 6.07) is 9.67. The highest BCUT2D eigenvalue weighted by Gasteiger charge is 2.22. The van der Waals surface area contributed by atoms with Crippen LogP contribution in [-0.4, -0.2) is 11.9 Å². The lowest BCUT2D eigenvalue weighted by molar-refractivity contribution is -0.124. The highest BCUT2D eigenvalue weighted by molar-refractivity contribution is 5.82. The molecule has 1 aromatic rings. The van der Waals surface area contributed by atoms with Crippen molar-refractivity contribution in [3.05, 3.63) is 35.9 Å². The fourth-order valence-electron chi connectivity index (χ4n) is 2.01. The average Bonchev–Trinajstić information content (AvgIpc) is 2.37. The maximum atomic E-state index is 12.1. The topological polar surface area (TPSA) is 55.1 Å². The number of hydrogen-bond donors (Lipinski definition) is 2. The van der Waals surface area contributed by atoms with Crippen LogP contribution in [0.5, 0.6) is 0 Å². The number of carbonyl (C=O) groups is 1. The fraction of sp³-hybridized carbons (Fsp3) is 0.562. The number of nitrogens with two attached hydrogens (primary N) is 1. The van der Waals surface area contributed by atoms with Crippen LogP contribution in [0.15, 0.2) is 30.3 Å². The lowest BCUT2D eigenvalue weighted by Crippen LogP contribution is -2.45. The summed E-state index contributed by atoms with van der Waals surface area (Å²) in [5, 5.41) is 3.08. The first-order valence-electron chi connectivity index (χ1n) is 7.02. The smallest absolute Gasteiger partial charge is 0.237 e. The molecule has 0 radical (unpaired) electrons. The van der Waals surface area contributed by atoms with Crippen molar-refractivity contribution in [2.75, 3.05) is 0 Å². The molecule has 0 fully saturated rings. The molecular formula is C16H26N2O. The Labute approximate surface area is 116 Å². The molecule has 0 aliphatic rings. The van der Waals surface area contributed by atoms with Crippen molar-refractivity contribution in [1.82, 2.24) is 5.32 Å². The largest absolute Gasteiger partial charge is 0.348 e. The third kappa shape index (κ3) is 5.03. The van der Waals surface area contributed by atoms with E-state index in [4.69, 9.17) is 5.73 Å². The summed E-state index contributed by atoms with van der Waals surface area (Å²) < 4.78 is 0. The number of hydrogen-bond acceptors (Lipinski definition) is 2. The molecule has 0 bridgehead atoms. The van der Waals surface area contributed by atoms with Crippen LogP contribution in [0.4, 0.5) is 0 Å². The highest BCUT2D eigenvalue weighted by atomic mass is 16.2. The van der Waals surface area contributed by atoms with E-state index in [0.717, 1.165) is 12.0 Å². The number of rotatable bonds is 6. The molecule has 2 unspecified atom stereocenters. The van der Waals surface area contributed by atoms with Gasteiger partial charge in [0.1, 0.15) is 0 Å². The van der Waals surface area contributed by atoms with E-state index < -0.39 is 6.04 Å². The second-order valence-corrected chi connectivity index (χ2v) is 5.87. The van der Waals surface area contributed by atoms with Crippen LogP contribution in [0, 0.1) is 11.8 Å². The first kappa shape index (κ1) is 15.7. The van der Waals surface area contributed by atoms with Crippen LogP contribution in [0.3, 0.4) is 0 Å². The van der Waals surface area contributed by atoms with Crippen molar-refractivity contribution in [3.8, 4) is 0 Å². The van der Waals surface area contributed by atoms with E-state index in [0.29, 0.717) is 5.92 Å². The quantitative estimate of drug-likeness (QED) is 0.828. The van der Waals surface area contributed by atoms with Crippen molar-refractivity contribution < 1.29 is 4.79 Å². The van der Waals surface area contributed by atoms with Gasteiger partial charge >= 0.3 is 0 Å². The second-order valence-electron chi connectivity index (χ2n) is 5.87. The van der Waals surface area contributed by atoms with Crippen LogP contribution in [0.1, 0.15) is 45.7 Å². The van der Waals surface area contributed by atoms with E-state index in [2.05, 4.69) is 19.2 Å². The maximum absolute atomic E-state index is 12.1. The molecule has 1 rings (SSSR count). The normalized spacial score (nSPS) is 14.5. The highest BCUT2D eigenvalue weighted by Crippen LogP contribution is 2.21. The second kappa shape index (κ2) is 7.29. The molecule has 1 amide bonds. The van der Waals surface area contributed by atoms with E-state index in [-0.39, 0.29) is 17.9 Å². The van der Waals surface area contributed by atoms with Crippen LogP contribution >= 0.6 is 0 Å². The van der Waals surface area contributed by atoms with E-state index in [1.165, 1.54) is 0 Å². The van der Waals surface area contributed by atoms with Crippen molar-refractivity contribution in [1.29, 1.82) is 0 Å². The molecule has 2 atom stereocenters. The van der Waals surface area contributed by atoms with Gasteiger partial charge in [-0.2, -0.15) is 0 Å². The Bertz CT molecular complexity index is 387. The summed E-state index contributed by atoms with van der Waals surface area (Å²) in [6.07, 6.45) is 0.917. The first-order chi connectivity index (χ1) is 8.91. The van der Waals surface area contributed by atoms with Gasteiger partial charge in [-0.1, -0.05) is 58.0 Å². The van der Waals surface area contributed by atoms with Gasteiger partial charge in [-0.15, -0.1) is 0 Å². The van der Waals surface area contributed by atoms with Gasteiger partial charge in [0, 0.05) is 0 Å². The average molecular weight is 262 g/mol. The molecule has 19 heavy (non-hydrogen) atoms. The van der Waals surface area contributed by atoms with E-state index >= 15 is 0 Å². The van der Waals surface area contributed by atoms with Gasteiger partial charge in [0.05, 0.1) is 12.1 Å². The zero-order chi connectivity index (χ0) is 14.4. The molecule has 0 saturated heterocycles. The summed E-state index contributed by atoms with van der Waals surface area (Å²) in [6.45, 7) is 8.24. The van der Waals surface area contributed by atoms with Crippen molar-refractivity contribution in [3.63, 3.8) is 0 Å². The minimum atomic E-state index is -0.446. The summed E-state index contributed by atoms with van der Waals surface area (Å²) in [7, 11) is 0. The summed E-state index contributed by atoms with van der Waals surface area (Å²) in [5.74, 6) is 0.598. The predicted octanol–water partition coefficient (Wildman–Crippen LogP) is 2.87. The Morgan fingerprint density at radius 3 is 2.21 bits per heavy atom. The number of carbonyl (C=O) groups excluding carboxylic acids is 1. The van der Waals surface area contributed by atoms with Crippen LogP contribution in [0.2, 0.25) is 0 Å². The first-order valence-corrected chi connectivity index (χ1v) is 7.02. The minimum Gasteiger partial charge on any atom is -0.348 e. The van der Waals surface area contributed by atoms with Gasteiger partial charge in [0.15, 0.2) is 0 Å². The SMILES string of the molecule is CC(C)CC(NC(=O)C(N)C(C)C)c1ccccc1. The molecule has 0 aliphatic heterocycles.